The minimum Gasteiger partial charge on any atom is -0.465 e. The van der Waals surface area contributed by atoms with Gasteiger partial charge in [0.25, 0.3) is 5.69 Å². The highest BCUT2D eigenvalue weighted by Gasteiger charge is 2.17. The largest absolute Gasteiger partial charge is 0.465 e. The second-order valence-electron chi connectivity index (χ2n) is 4.00. The van der Waals surface area contributed by atoms with E-state index in [4.69, 9.17) is 4.74 Å². The van der Waals surface area contributed by atoms with Crippen LogP contribution in [0.1, 0.15) is 22.8 Å². The van der Waals surface area contributed by atoms with Crippen molar-refractivity contribution in [2.24, 2.45) is 0 Å². The van der Waals surface area contributed by atoms with Crippen molar-refractivity contribution in [2.45, 2.75) is 13.5 Å². The molecule has 0 unspecified atom stereocenters. The summed E-state index contributed by atoms with van der Waals surface area (Å²) in [6.07, 6.45) is 0. The van der Waals surface area contributed by atoms with E-state index >= 15 is 0 Å². The Bertz CT molecular complexity index is 543. The van der Waals surface area contributed by atoms with Gasteiger partial charge >= 0.3 is 11.9 Å². The van der Waals surface area contributed by atoms with Crippen LogP contribution in [0.25, 0.3) is 0 Å². The van der Waals surface area contributed by atoms with Crippen LogP contribution in [0.3, 0.4) is 0 Å². The predicted octanol–water partition coefficient (Wildman–Crippen LogP) is 1.03. The molecule has 0 aliphatic heterocycles. The number of nitro groups is 1. The van der Waals surface area contributed by atoms with E-state index in [1.165, 1.54) is 19.2 Å². The molecule has 0 spiro atoms. The number of esters is 2. The zero-order valence-electron chi connectivity index (χ0n) is 11.8. The topological polar surface area (TPSA) is 108 Å². The number of nitrogens with zero attached hydrogens (tertiary/aromatic N) is 1. The minimum absolute atomic E-state index is 0.0518. The molecule has 0 bridgehead atoms. The van der Waals surface area contributed by atoms with Crippen LogP contribution in [0.4, 0.5) is 5.69 Å². The Morgan fingerprint density at radius 2 is 2.10 bits per heavy atom. The highest BCUT2D eigenvalue weighted by molar-refractivity contribution is 5.90. The number of ether oxygens (including phenoxy) is 2. The normalized spacial score (nSPS) is 10.0. The maximum atomic E-state index is 11.4. The van der Waals surface area contributed by atoms with Gasteiger partial charge in [0.2, 0.25) is 0 Å². The number of hydrogen-bond donors (Lipinski definition) is 1. The summed E-state index contributed by atoms with van der Waals surface area (Å²) in [4.78, 5) is 32.9. The van der Waals surface area contributed by atoms with E-state index in [2.05, 4.69) is 10.1 Å². The average molecular weight is 296 g/mol. The Morgan fingerprint density at radius 3 is 2.67 bits per heavy atom. The number of nitrogens with one attached hydrogen (secondary N) is 1. The number of hydrogen-bond acceptors (Lipinski definition) is 7. The van der Waals surface area contributed by atoms with Crippen molar-refractivity contribution in [2.75, 3.05) is 20.3 Å². The molecule has 0 fully saturated rings. The maximum Gasteiger partial charge on any atom is 0.338 e. The minimum atomic E-state index is -0.649. The first kappa shape index (κ1) is 16.6. The molecular formula is C13H16N2O6. The summed E-state index contributed by atoms with van der Waals surface area (Å²) in [7, 11) is 1.20. The smallest absolute Gasteiger partial charge is 0.338 e. The maximum absolute atomic E-state index is 11.4. The summed E-state index contributed by atoms with van der Waals surface area (Å²) >= 11 is 0. The Morgan fingerprint density at radius 1 is 1.38 bits per heavy atom. The SMILES string of the molecule is CCOC(=O)CNCc1ccc(C(=O)OC)cc1[N+](=O)[O-]. The lowest BCUT2D eigenvalue weighted by Gasteiger charge is -2.07. The number of carbonyl (C=O) groups excluding carboxylic acids is 2. The second-order valence-corrected chi connectivity index (χ2v) is 4.00. The van der Waals surface area contributed by atoms with Gasteiger partial charge in [0.15, 0.2) is 0 Å². The van der Waals surface area contributed by atoms with E-state index in [-0.39, 0.29) is 30.9 Å². The monoisotopic (exact) mass is 296 g/mol. The average Bonchev–Trinajstić information content (AvgIpc) is 2.46. The van der Waals surface area contributed by atoms with E-state index < -0.39 is 16.9 Å². The molecule has 21 heavy (non-hydrogen) atoms. The molecule has 0 saturated carbocycles. The lowest BCUT2D eigenvalue weighted by Crippen LogP contribution is -2.24. The van der Waals surface area contributed by atoms with Gasteiger partial charge in [-0.2, -0.15) is 0 Å². The fourth-order valence-corrected chi connectivity index (χ4v) is 1.64. The molecule has 1 rings (SSSR count). The quantitative estimate of drug-likeness (QED) is 0.455. The van der Waals surface area contributed by atoms with Crippen LogP contribution in [-0.4, -0.2) is 37.1 Å². The molecule has 8 heteroatoms. The number of carbonyl (C=O) groups is 2. The third-order valence-electron chi connectivity index (χ3n) is 2.59. The van der Waals surface area contributed by atoms with Gasteiger partial charge in [-0.25, -0.2) is 4.79 Å². The molecule has 0 aliphatic rings. The number of benzene rings is 1. The molecule has 0 aliphatic carbocycles. The summed E-state index contributed by atoms with van der Waals surface area (Å²) in [5, 5.41) is 13.8. The third-order valence-corrected chi connectivity index (χ3v) is 2.59. The standard InChI is InChI=1S/C13H16N2O6/c1-3-21-12(16)8-14-7-10-5-4-9(13(17)20-2)6-11(10)15(18)19/h4-6,14H,3,7-8H2,1-2H3. The van der Waals surface area contributed by atoms with E-state index in [1.807, 2.05) is 0 Å². The Hall–Kier alpha value is -2.48. The molecule has 0 heterocycles. The summed E-state index contributed by atoms with van der Waals surface area (Å²) < 4.78 is 9.24. The van der Waals surface area contributed by atoms with Gasteiger partial charge in [0, 0.05) is 18.2 Å². The van der Waals surface area contributed by atoms with E-state index in [0.717, 1.165) is 6.07 Å². The van der Waals surface area contributed by atoms with E-state index in [0.29, 0.717) is 5.56 Å². The van der Waals surface area contributed by atoms with Gasteiger partial charge in [-0.1, -0.05) is 6.07 Å². The molecule has 0 amide bonds. The molecular weight excluding hydrogens is 280 g/mol. The van der Waals surface area contributed by atoms with Crippen LogP contribution < -0.4 is 5.32 Å². The van der Waals surface area contributed by atoms with Crippen molar-refractivity contribution in [3.8, 4) is 0 Å². The van der Waals surface area contributed by atoms with E-state index in [1.54, 1.807) is 6.92 Å². The zero-order valence-corrected chi connectivity index (χ0v) is 11.8. The van der Waals surface area contributed by atoms with E-state index in [9.17, 15) is 19.7 Å². The fraction of sp³-hybridized carbons (Fsp3) is 0.385. The molecule has 0 radical (unpaired) electrons. The molecule has 0 atom stereocenters. The van der Waals surface area contributed by atoms with Crippen molar-refractivity contribution < 1.29 is 24.0 Å². The van der Waals surface area contributed by atoms with Crippen molar-refractivity contribution >= 4 is 17.6 Å². The predicted molar refractivity (Wildman–Crippen MR) is 72.8 cm³/mol. The summed E-state index contributed by atoms with van der Waals surface area (Å²) in [6.45, 7) is 2.02. The Kier molecular flexibility index (Phi) is 6.28. The number of methoxy groups -OCH3 is 1. The zero-order chi connectivity index (χ0) is 15.8. The fourth-order valence-electron chi connectivity index (χ4n) is 1.64. The van der Waals surface area contributed by atoms with Crippen molar-refractivity contribution in [3.63, 3.8) is 0 Å². The summed E-state index contributed by atoms with van der Waals surface area (Å²) in [5.41, 5.74) is 0.240. The first-order valence-corrected chi connectivity index (χ1v) is 6.21. The van der Waals surface area contributed by atoms with Gasteiger partial charge < -0.3 is 14.8 Å². The first-order chi connectivity index (χ1) is 9.99. The lowest BCUT2D eigenvalue weighted by atomic mass is 10.1. The summed E-state index contributed by atoms with van der Waals surface area (Å²) in [6, 6.07) is 4.02. The molecule has 1 aromatic carbocycles. The van der Waals surface area contributed by atoms with Crippen LogP contribution in [0.2, 0.25) is 0 Å². The van der Waals surface area contributed by atoms with Crippen LogP contribution in [0.5, 0.6) is 0 Å². The van der Waals surface area contributed by atoms with Crippen molar-refractivity contribution in [1.82, 2.24) is 5.32 Å². The van der Waals surface area contributed by atoms with Gasteiger partial charge in [-0.3, -0.25) is 14.9 Å². The highest BCUT2D eigenvalue weighted by Crippen LogP contribution is 2.20. The van der Waals surface area contributed by atoms with Crippen LogP contribution in [0, 0.1) is 10.1 Å². The first-order valence-electron chi connectivity index (χ1n) is 6.21. The van der Waals surface area contributed by atoms with Gasteiger partial charge in [0.1, 0.15) is 0 Å². The highest BCUT2D eigenvalue weighted by atomic mass is 16.6. The van der Waals surface area contributed by atoms with Gasteiger partial charge in [0.05, 0.1) is 30.7 Å². The molecule has 0 aromatic heterocycles. The number of nitro benzene ring substituents is 1. The van der Waals surface area contributed by atoms with Gasteiger partial charge in [-0.15, -0.1) is 0 Å². The lowest BCUT2D eigenvalue weighted by molar-refractivity contribution is -0.385. The molecule has 1 aromatic rings. The second kappa shape index (κ2) is 7.95. The van der Waals surface area contributed by atoms with Crippen molar-refractivity contribution in [3.05, 3.63) is 39.4 Å². The Labute approximate surface area is 121 Å². The third kappa shape index (κ3) is 4.84. The van der Waals surface area contributed by atoms with Crippen LogP contribution in [-0.2, 0) is 20.8 Å². The summed E-state index contributed by atoms with van der Waals surface area (Å²) in [5.74, 6) is -1.09. The molecule has 1 N–H and O–H groups in total. The Balaban J connectivity index is 2.80. The van der Waals surface area contributed by atoms with Crippen LogP contribution >= 0.6 is 0 Å². The van der Waals surface area contributed by atoms with Gasteiger partial charge in [-0.05, 0) is 13.0 Å². The molecule has 114 valence electrons. The van der Waals surface area contributed by atoms with Crippen molar-refractivity contribution in [1.29, 1.82) is 0 Å². The number of rotatable bonds is 7. The molecule has 8 nitrogen and oxygen atoms in total. The van der Waals surface area contributed by atoms with Crippen LogP contribution in [0.15, 0.2) is 18.2 Å². The molecule has 0 saturated heterocycles.